The quantitative estimate of drug-likeness (QED) is 0.835. The minimum absolute atomic E-state index is 0.596. The van der Waals surface area contributed by atoms with Crippen molar-refractivity contribution in [2.75, 3.05) is 5.32 Å². The minimum Gasteiger partial charge on any atom is -0.382 e. The van der Waals surface area contributed by atoms with E-state index in [-0.39, 0.29) is 0 Å². The highest BCUT2D eigenvalue weighted by Crippen LogP contribution is 2.30. The zero-order chi connectivity index (χ0) is 11.4. The average molecular weight is 214 g/mol. The minimum atomic E-state index is 0.596. The monoisotopic (exact) mass is 214 g/mol. The lowest BCUT2D eigenvalue weighted by Gasteiger charge is -2.14. The summed E-state index contributed by atoms with van der Waals surface area (Å²) in [6.07, 6.45) is 5.16. The van der Waals surface area contributed by atoms with Gasteiger partial charge in [-0.1, -0.05) is 19.4 Å². The molecule has 1 aromatic carbocycles. The van der Waals surface area contributed by atoms with Crippen molar-refractivity contribution in [2.24, 2.45) is 5.92 Å². The van der Waals surface area contributed by atoms with E-state index >= 15 is 0 Å². The van der Waals surface area contributed by atoms with Crippen molar-refractivity contribution in [2.45, 2.75) is 38.6 Å². The number of anilines is 1. The lowest BCUT2D eigenvalue weighted by Crippen LogP contribution is -2.15. The highest BCUT2D eigenvalue weighted by molar-refractivity contribution is 5.49. The van der Waals surface area contributed by atoms with Gasteiger partial charge in [0.05, 0.1) is 11.6 Å². The second-order valence-electron chi connectivity index (χ2n) is 4.62. The summed E-state index contributed by atoms with van der Waals surface area (Å²) in [6.45, 7) is 2.27. The van der Waals surface area contributed by atoms with Crippen LogP contribution in [0.15, 0.2) is 24.3 Å². The van der Waals surface area contributed by atoms with E-state index in [1.54, 1.807) is 0 Å². The van der Waals surface area contributed by atoms with E-state index in [1.165, 1.54) is 25.7 Å². The maximum atomic E-state index is 8.83. The van der Waals surface area contributed by atoms with E-state index in [1.807, 2.05) is 24.3 Å². The van der Waals surface area contributed by atoms with Gasteiger partial charge in [0.15, 0.2) is 0 Å². The highest BCUT2D eigenvalue weighted by atomic mass is 14.9. The molecule has 0 amide bonds. The maximum Gasteiger partial charge on any atom is 0.0992 e. The molecule has 1 aromatic rings. The summed E-state index contributed by atoms with van der Waals surface area (Å²) in [4.78, 5) is 0. The van der Waals surface area contributed by atoms with Crippen LogP contribution in [0.25, 0.3) is 0 Å². The Bertz CT molecular complexity index is 392. The molecule has 2 heteroatoms. The summed E-state index contributed by atoms with van der Waals surface area (Å²) < 4.78 is 0. The van der Waals surface area contributed by atoms with Crippen LogP contribution in [0.5, 0.6) is 0 Å². The molecule has 0 spiro atoms. The number of hydrogen-bond acceptors (Lipinski definition) is 2. The second-order valence-corrected chi connectivity index (χ2v) is 4.62. The van der Waals surface area contributed by atoms with Crippen molar-refractivity contribution in [3.8, 4) is 6.07 Å². The zero-order valence-electron chi connectivity index (χ0n) is 9.74. The van der Waals surface area contributed by atoms with Gasteiger partial charge >= 0.3 is 0 Å². The molecule has 84 valence electrons. The molecule has 0 radical (unpaired) electrons. The Hall–Kier alpha value is -1.49. The first-order valence-corrected chi connectivity index (χ1v) is 6.08. The van der Waals surface area contributed by atoms with Gasteiger partial charge in [0.2, 0.25) is 0 Å². The summed E-state index contributed by atoms with van der Waals surface area (Å²) >= 11 is 0. The van der Waals surface area contributed by atoms with E-state index in [2.05, 4.69) is 18.3 Å². The van der Waals surface area contributed by atoms with Crippen LogP contribution < -0.4 is 5.32 Å². The predicted molar refractivity (Wildman–Crippen MR) is 66.2 cm³/mol. The molecule has 2 atom stereocenters. The maximum absolute atomic E-state index is 8.83. The number of nitrogens with zero attached hydrogens (tertiary/aromatic N) is 1. The zero-order valence-corrected chi connectivity index (χ0v) is 9.74. The first kappa shape index (κ1) is 11.0. The molecule has 0 saturated heterocycles. The van der Waals surface area contributed by atoms with Crippen molar-refractivity contribution in [3.05, 3.63) is 29.8 Å². The topological polar surface area (TPSA) is 35.8 Å². The van der Waals surface area contributed by atoms with Gasteiger partial charge in [0.1, 0.15) is 0 Å². The SMILES string of the molecule is CCC1CCC(Nc2cccc(C#N)c2)C1. The Kier molecular flexibility index (Phi) is 3.46. The normalized spacial score (nSPS) is 24.0. The van der Waals surface area contributed by atoms with E-state index in [9.17, 15) is 0 Å². The largest absolute Gasteiger partial charge is 0.382 e. The van der Waals surface area contributed by atoms with E-state index < -0.39 is 0 Å². The number of hydrogen-bond donors (Lipinski definition) is 1. The highest BCUT2D eigenvalue weighted by Gasteiger charge is 2.22. The predicted octanol–water partition coefficient (Wildman–Crippen LogP) is 3.55. The number of nitriles is 1. The molecule has 1 saturated carbocycles. The third-order valence-corrected chi connectivity index (χ3v) is 3.48. The van der Waals surface area contributed by atoms with Gasteiger partial charge in [0, 0.05) is 11.7 Å². The Morgan fingerprint density at radius 2 is 2.31 bits per heavy atom. The molecule has 1 aliphatic carbocycles. The molecule has 2 rings (SSSR count). The van der Waals surface area contributed by atoms with Gasteiger partial charge in [-0.05, 0) is 43.4 Å². The third-order valence-electron chi connectivity index (χ3n) is 3.48. The molecule has 2 unspecified atom stereocenters. The van der Waals surface area contributed by atoms with Gasteiger partial charge in [-0.2, -0.15) is 5.26 Å². The van der Waals surface area contributed by atoms with Crippen LogP contribution in [0.2, 0.25) is 0 Å². The molecule has 1 N–H and O–H groups in total. The summed E-state index contributed by atoms with van der Waals surface area (Å²) in [7, 11) is 0. The lowest BCUT2D eigenvalue weighted by atomic mass is 10.1. The fourth-order valence-corrected chi connectivity index (χ4v) is 2.49. The molecular weight excluding hydrogens is 196 g/mol. The van der Waals surface area contributed by atoms with Gasteiger partial charge in [-0.3, -0.25) is 0 Å². The van der Waals surface area contributed by atoms with Crippen LogP contribution in [0.1, 0.15) is 38.2 Å². The number of benzene rings is 1. The molecule has 0 heterocycles. The molecular formula is C14H18N2. The van der Waals surface area contributed by atoms with Crippen LogP contribution >= 0.6 is 0 Å². The number of nitrogens with one attached hydrogen (secondary N) is 1. The molecule has 0 bridgehead atoms. The average Bonchev–Trinajstić information content (AvgIpc) is 2.77. The Balaban J connectivity index is 1.97. The van der Waals surface area contributed by atoms with Crippen LogP contribution in [0, 0.1) is 17.2 Å². The first-order chi connectivity index (χ1) is 7.81. The Morgan fingerprint density at radius 3 is 3.00 bits per heavy atom. The Morgan fingerprint density at radius 1 is 1.44 bits per heavy atom. The van der Waals surface area contributed by atoms with Crippen molar-refractivity contribution < 1.29 is 0 Å². The van der Waals surface area contributed by atoms with Crippen LogP contribution in [-0.4, -0.2) is 6.04 Å². The van der Waals surface area contributed by atoms with Crippen LogP contribution in [0.4, 0.5) is 5.69 Å². The van der Waals surface area contributed by atoms with E-state index in [0.29, 0.717) is 6.04 Å². The first-order valence-electron chi connectivity index (χ1n) is 6.08. The molecule has 16 heavy (non-hydrogen) atoms. The van der Waals surface area contributed by atoms with E-state index in [0.717, 1.165) is 17.2 Å². The lowest BCUT2D eigenvalue weighted by molar-refractivity contribution is 0.525. The van der Waals surface area contributed by atoms with Crippen LogP contribution in [-0.2, 0) is 0 Å². The smallest absolute Gasteiger partial charge is 0.0992 e. The van der Waals surface area contributed by atoms with Crippen molar-refractivity contribution >= 4 is 5.69 Å². The molecule has 1 aliphatic rings. The third kappa shape index (κ3) is 2.55. The standard InChI is InChI=1S/C14H18N2/c1-2-11-6-7-14(8-11)16-13-5-3-4-12(9-13)10-15/h3-5,9,11,14,16H,2,6-8H2,1H3. The van der Waals surface area contributed by atoms with Crippen molar-refractivity contribution in [1.29, 1.82) is 5.26 Å². The molecule has 0 aliphatic heterocycles. The second kappa shape index (κ2) is 5.03. The molecule has 1 fully saturated rings. The van der Waals surface area contributed by atoms with Gasteiger partial charge in [-0.15, -0.1) is 0 Å². The fourth-order valence-electron chi connectivity index (χ4n) is 2.49. The molecule has 0 aromatic heterocycles. The van der Waals surface area contributed by atoms with Gasteiger partial charge in [0.25, 0.3) is 0 Å². The van der Waals surface area contributed by atoms with Crippen LogP contribution in [0.3, 0.4) is 0 Å². The number of rotatable bonds is 3. The summed E-state index contributed by atoms with van der Waals surface area (Å²) in [5.74, 6) is 0.886. The van der Waals surface area contributed by atoms with Gasteiger partial charge in [-0.25, -0.2) is 0 Å². The fraction of sp³-hybridized carbons (Fsp3) is 0.500. The van der Waals surface area contributed by atoms with Gasteiger partial charge < -0.3 is 5.32 Å². The van der Waals surface area contributed by atoms with Crippen molar-refractivity contribution in [1.82, 2.24) is 0 Å². The Labute approximate surface area is 97.3 Å². The van der Waals surface area contributed by atoms with E-state index in [4.69, 9.17) is 5.26 Å². The summed E-state index contributed by atoms with van der Waals surface area (Å²) in [5.41, 5.74) is 1.82. The van der Waals surface area contributed by atoms with Crippen molar-refractivity contribution in [3.63, 3.8) is 0 Å². The molecule has 2 nitrogen and oxygen atoms in total. The summed E-state index contributed by atoms with van der Waals surface area (Å²) in [5, 5.41) is 12.4. The summed E-state index contributed by atoms with van der Waals surface area (Å²) in [6, 6.07) is 10.5.